The molecule has 0 bridgehead atoms. The van der Waals surface area contributed by atoms with Gasteiger partial charge in [-0.25, -0.2) is 5.01 Å². The molecule has 1 saturated heterocycles. The third-order valence-corrected chi connectivity index (χ3v) is 4.91. The molecule has 1 fully saturated rings. The van der Waals surface area contributed by atoms with Crippen LogP contribution in [0.5, 0.6) is 0 Å². The maximum atomic E-state index is 12.3. The first-order valence-electron chi connectivity index (χ1n) is 8.53. The van der Waals surface area contributed by atoms with Crippen LogP contribution >= 0.6 is 0 Å². The van der Waals surface area contributed by atoms with E-state index in [2.05, 4.69) is 45.1 Å². The van der Waals surface area contributed by atoms with Crippen molar-refractivity contribution in [1.29, 1.82) is 0 Å². The molecule has 3 unspecified atom stereocenters. The minimum atomic E-state index is 0.155. The highest BCUT2D eigenvalue weighted by molar-refractivity contribution is 5.75. The van der Waals surface area contributed by atoms with Gasteiger partial charge in [0.1, 0.15) is 0 Å². The van der Waals surface area contributed by atoms with Crippen molar-refractivity contribution < 1.29 is 4.79 Å². The molecule has 0 aromatic rings. The maximum Gasteiger partial charge on any atom is 0.234 e. The predicted molar refractivity (Wildman–Crippen MR) is 88.6 cm³/mol. The highest BCUT2D eigenvalue weighted by atomic mass is 16.2. The molecule has 0 aliphatic carbocycles. The van der Waals surface area contributed by atoms with Crippen molar-refractivity contribution in [2.75, 3.05) is 6.54 Å². The summed E-state index contributed by atoms with van der Waals surface area (Å²) in [4.78, 5) is 12.3. The van der Waals surface area contributed by atoms with E-state index < -0.39 is 0 Å². The molecule has 4 heteroatoms. The second kappa shape index (κ2) is 8.14. The summed E-state index contributed by atoms with van der Waals surface area (Å²) in [5.41, 5.74) is 9.05. The number of hydrazine groups is 1. The lowest BCUT2D eigenvalue weighted by atomic mass is 9.76. The summed E-state index contributed by atoms with van der Waals surface area (Å²) in [6.07, 6.45) is 6.11. The number of carbonyl (C=O) groups excluding carboxylic acids is 1. The van der Waals surface area contributed by atoms with E-state index >= 15 is 0 Å². The second-order valence-electron chi connectivity index (χ2n) is 7.75. The molecule has 124 valence electrons. The molecule has 0 aromatic heterocycles. The lowest BCUT2D eigenvalue weighted by Crippen LogP contribution is -2.54. The van der Waals surface area contributed by atoms with Crippen LogP contribution in [0.1, 0.15) is 73.1 Å². The van der Waals surface area contributed by atoms with Gasteiger partial charge in [0.25, 0.3) is 0 Å². The summed E-state index contributed by atoms with van der Waals surface area (Å²) in [5.74, 6) is 0.659. The van der Waals surface area contributed by atoms with E-state index in [0.29, 0.717) is 31.0 Å². The molecule has 1 rings (SSSR count). The van der Waals surface area contributed by atoms with Crippen LogP contribution in [-0.2, 0) is 4.79 Å². The van der Waals surface area contributed by atoms with E-state index in [1.807, 2.05) is 0 Å². The number of rotatable bonds is 6. The summed E-state index contributed by atoms with van der Waals surface area (Å²) >= 11 is 0. The molecule has 1 amide bonds. The summed E-state index contributed by atoms with van der Waals surface area (Å²) in [6, 6.07) is 0.889. The second-order valence-corrected chi connectivity index (χ2v) is 7.75. The van der Waals surface area contributed by atoms with E-state index in [-0.39, 0.29) is 11.3 Å². The van der Waals surface area contributed by atoms with Gasteiger partial charge in [-0.3, -0.25) is 10.2 Å². The summed E-state index contributed by atoms with van der Waals surface area (Å²) in [7, 11) is 0. The Labute approximate surface area is 130 Å². The molecular formula is C17H35N3O. The van der Waals surface area contributed by atoms with Gasteiger partial charge >= 0.3 is 0 Å². The van der Waals surface area contributed by atoms with Gasteiger partial charge in [0.15, 0.2) is 0 Å². The van der Waals surface area contributed by atoms with Crippen molar-refractivity contribution >= 4 is 5.91 Å². The number of nitrogens with zero attached hydrogens (tertiary/aromatic N) is 1. The Kier molecular flexibility index (Phi) is 7.14. The molecule has 21 heavy (non-hydrogen) atoms. The molecule has 0 spiro atoms. The minimum absolute atomic E-state index is 0.155. The Morgan fingerprint density at radius 3 is 2.29 bits per heavy atom. The van der Waals surface area contributed by atoms with Crippen molar-refractivity contribution in [3.05, 3.63) is 0 Å². The van der Waals surface area contributed by atoms with Crippen molar-refractivity contribution in [2.45, 2.75) is 85.2 Å². The average Bonchev–Trinajstić information content (AvgIpc) is 2.37. The van der Waals surface area contributed by atoms with Crippen LogP contribution in [0.15, 0.2) is 0 Å². The molecule has 0 aromatic carbocycles. The van der Waals surface area contributed by atoms with Crippen molar-refractivity contribution in [3.8, 4) is 0 Å². The van der Waals surface area contributed by atoms with Crippen molar-refractivity contribution in [1.82, 2.24) is 10.4 Å². The molecule has 3 N–H and O–H groups in total. The minimum Gasteiger partial charge on any atom is -0.330 e. The van der Waals surface area contributed by atoms with Gasteiger partial charge in [-0.05, 0) is 57.4 Å². The van der Waals surface area contributed by atoms with E-state index in [4.69, 9.17) is 5.73 Å². The molecule has 3 atom stereocenters. The van der Waals surface area contributed by atoms with Crippen LogP contribution in [-0.4, -0.2) is 29.5 Å². The molecule has 1 aliphatic heterocycles. The van der Waals surface area contributed by atoms with Gasteiger partial charge in [-0.2, -0.15) is 0 Å². The monoisotopic (exact) mass is 297 g/mol. The molecule has 1 heterocycles. The van der Waals surface area contributed by atoms with Gasteiger partial charge in [0.05, 0.1) is 0 Å². The lowest BCUT2D eigenvalue weighted by molar-refractivity contribution is -0.129. The Hall–Kier alpha value is -0.610. The first kappa shape index (κ1) is 18.4. The van der Waals surface area contributed by atoms with Crippen LogP contribution in [0.2, 0.25) is 0 Å². The Morgan fingerprint density at radius 1 is 1.24 bits per heavy atom. The topological polar surface area (TPSA) is 58.4 Å². The summed E-state index contributed by atoms with van der Waals surface area (Å²) in [6.45, 7) is 11.8. The van der Waals surface area contributed by atoms with Gasteiger partial charge in [-0.15, -0.1) is 0 Å². The zero-order valence-electron chi connectivity index (χ0n) is 14.6. The number of nitrogens with two attached hydrogens (primary N) is 1. The highest BCUT2D eigenvalue weighted by Gasteiger charge is 2.27. The normalized spacial score (nSPS) is 25.6. The first-order valence-corrected chi connectivity index (χ1v) is 8.53. The molecule has 4 nitrogen and oxygen atoms in total. The number of amides is 1. The Morgan fingerprint density at radius 2 is 1.81 bits per heavy atom. The summed E-state index contributed by atoms with van der Waals surface area (Å²) < 4.78 is 0. The fourth-order valence-corrected chi connectivity index (χ4v) is 3.36. The van der Waals surface area contributed by atoms with Crippen LogP contribution < -0.4 is 11.2 Å². The van der Waals surface area contributed by atoms with Crippen LogP contribution in [0, 0.1) is 11.3 Å². The fourth-order valence-electron chi connectivity index (χ4n) is 3.36. The van der Waals surface area contributed by atoms with Gasteiger partial charge in [-0.1, -0.05) is 27.2 Å². The zero-order valence-corrected chi connectivity index (χ0v) is 14.6. The van der Waals surface area contributed by atoms with Gasteiger partial charge in [0.2, 0.25) is 5.91 Å². The number of hydrogen-bond donors (Lipinski definition) is 2. The SMILES string of the molecule is CC1CCCC(C)N1NC(=O)CCC(CCN)C(C)(C)C. The van der Waals surface area contributed by atoms with Crippen molar-refractivity contribution in [3.63, 3.8) is 0 Å². The lowest BCUT2D eigenvalue weighted by Gasteiger charge is -2.39. The number of hydrogen-bond acceptors (Lipinski definition) is 3. The van der Waals surface area contributed by atoms with Crippen LogP contribution in [0.3, 0.4) is 0 Å². The van der Waals surface area contributed by atoms with E-state index in [9.17, 15) is 4.79 Å². The van der Waals surface area contributed by atoms with E-state index in [0.717, 1.165) is 12.8 Å². The smallest absolute Gasteiger partial charge is 0.234 e. The third-order valence-electron chi connectivity index (χ3n) is 4.91. The van der Waals surface area contributed by atoms with E-state index in [1.54, 1.807) is 0 Å². The van der Waals surface area contributed by atoms with Crippen LogP contribution in [0.25, 0.3) is 0 Å². The summed E-state index contributed by atoms with van der Waals surface area (Å²) in [5, 5.41) is 2.15. The average molecular weight is 297 g/mol. The van der Waals surface area contributed by atoms with E-state index in [1.165, 1.54) is 19.3 Å². The number of nitrogens with one attached hydrogen (secondary N) is 1. The Balaban J connectivity index is 2.45. The van der Waals surface area contributed by atoms with Gasteiger partial charge < -0.3 is 5.73 Å². The molecule has 0 saturated carbocycles. The van der Waals surface area contributed by atoms with Gasteiger partial charge in [0, 0.05) is 18.5 Å². The molecular weight excluding hydrogens is 262 g/mol. The number of carbonyl (C=O) groups is 1. The Bertz CT molecular complexity index is 314. The quantitative estimate of drug-likeness (QED) is 0.792. The molecule has 1 aliphatic rings. The van der Waals surface area contributed by atoms with Crippen LogP contribution in [0.4, 0.5) is 0 Å². The molecule has 0 radical (unpaired) electrons. The number of piperidine rings is 1. The highest BCUT2D eigenvalue weighted by Crippen LogP contribution is 2.32. The standard InChI is InChI=1S/C17H35N3O/c1-13-7-6-8-14(2)20(13)19-16(21)10-9-15(11-12-18)17(3,4)5/h13-15H,6-12,18H2,1-5H3,(H,19,21). The fraction of sp³-hybridized carbons (Fsp3) is 0.941. The predicted octanol–water partition coefficient (Wildman–Crippen LogP) is 3.07. The largest absolute Gasteiger partial charge is 0.330 e. The first-order chi connectivity index (χ1) is 9.75. The maximum absolute atomic E-state index is 12.3. The zero-order chi connectivity index (χ0) is 16.0. The van der Waals surface area contributed by atoms with Crippen molar-refractivity contribution in [2.24, 2.45) is 17.1 Å². The third kappa shape index (κ3) is 5.95.